The molecule has 6 N–H and O–H groups in total. The predicted octanol–water partition coefficient (Wildman–Crippen LogP) is -1.25. The number of carbonyl (C=O) groups excluding carboxylic acids is 2. The normalized spacial score (nSPS) is 29.0. The fourth-order valence-corrected chi connectivity index (χ4v) is 2.65. The highest BCUT2D eigenvalue weighted by Gasteiger charge is 2.51. The van der Waals surface area contributed by atoms with Gasteiger partial charge in [-0.3, -0.25) is 0 Å². The van der Waals surface area contributed by atoms with E-state index in [1.54, 1.807) is 0 Å². The van der Waals surface area contributed by atoms with Crippen LogP contribution < -0.4 is 0 Å². The summed E-state index contributed by atoms with van der Waals surface area (Å²) in [6.07, 6.45) is -5.63. The molecule has 2 rings (SSSR count). The van der Waals surface area contributed by atoms with Gasteiger partial charge in [-0.1, -0.05) is 0 Å². The fourth-order valence-electron chi connectivity index (χ4n) is 2.65. The van der Waals surface area contributed by atoms with Crippen molar-refractivity contribution in [3.05, 3.63) is 17.7 Å². The zero-order chi connectivity index (χ0) is 18.9. The summed E-state index contributed by atoms with van der Waals surface area (Å²) in [6.45, 7) is 0. The van der Waals surface area contributed by atoms with E-state index < -0.39 is 65.9 Å². The van der Waals surface area contributed by atoms with Gasteiger partial charge in [-0.15, -0.1) is 0 Å². The first kappa shape index (κ1) is 18.8. The predicted molar refractivity (Wildman–Crippen MR) is 78.9 cm³/mol. The highest BCUT2D eigenvalue weighted by Crippen LogP contribution is 2.36. The molecule has 0 unspecified atom stereocenters. The maximum absolute atomic E-state index is 12.1. The fraction of sp³-hybridized carbons (Fsp3) is 0.467. The van der Waals surface area contributed by atoms with Crippen LogP contribution in [0.4, 0.5) is 0 Å². The molecule has 0 aliphatic heterocycles. The lowest BCUT2D eigenvalue weighted by Gasteiger charge is -2.39. The topological polar surface area (TPSA) is 174 Å². The molecular weight excluding hydrogens is 340 g/mol. The second kappa shape index (κ2) is 6.75. The van der Waals surface area contributed by atoms with Gasteiger partial charge in [0.15, 0.2) is 22.8 Å². The van der Waals surface area contributed by atoms with Gasteiger partial charge in [-0.25, -0.2) is 9.59 Å². The van der Waals surface area contributed by atoms with Crippen molar-refractivity contribution in [1.29, 1.82) is 0 Å². The number of methoxy groups -OCH3 is 1. The molecule has 1 aliphatic carbocycles. The number of esters is 2. The third-order valence-electron chi connectivity index (χ3n) is 3.99. The number of aliphatic hydroxyl groups excluding tert-OH is 2. The van der Waals surface area contributed by atoms with Crippen LogP contribution in [-0.2, 0) is 14.3 Å². The van der Waals surface area contributed by atoms with Gasteiger partial charge in [0.1, 0.15) is 12.2 Å². The second-order valence-corrected chi connectivity index (χ2v) is 5.80. The first-order valence-electron chi connectivity index (χ1n) is 7.22. The van der Waals surface area contributed by atoms with Crippen LogP contribution in [0.3, 0.4) is 0 Å². The van der Waals surface area contributed by atoms with Gasteiger partial charge in [0.05, 0.1) is 18.8 Å². The number of phenols is 3. The maximum Gasteiger partial charge on any atom is 0.338 e. The zero-order valence-corrected chi connectivity index (χ0v) is 13.1. The van der Waals surface area contributed by atoms with Crippen LogP contribution in [0.2, 0.25) is 0 Å². The summed E-state index contributed by atoms with van der Waals surface area (Å²) in [5.74, 6) is -4.57. The summed E-state index contributed by atoms with van der Waals surface area (Å²) >= 11 is 0. The molecule has 1 aliphatic rings. The van der Waals surface area contributed by atoms with Gasteiger partial charge in [0.25, 0.3) is 0 Å². The van der Waals surface area contributed by atoms with Crippen molar-refractivity contribution >= 4 is 11.9 Å². The number of ether oxygens (including phenoxy) is 2. The Morgan fingerprint density at radius 1 is 1.12 bits per heavy atom. The molecule has 1 aromatic rings. The SMILES string of the molecule is COC(=O)[C@]1(O)C[C@@H](O)[C@H](O)[C@H](OC(=O)c2cc(O)c(O)c(O)c2)C1. The smallest absolute Gasteiger partial charge is 0.338 e. The van der Waals surface area contributed by atoms with E-state index in [0.717, 1.165) is 19.2 Å². The molecular formula is C15H18O10. The number of benzene rings is 1. The minimum absolute atomic E-state index is 0.360. The Labute approximate surface area is 141 Å². The van der Waals surface area contributed by atoms with E-state index >= 15 is 0 Å². The van der Waals surface area contributed by atoms with Gasteiger partial charge in [0, 0.05) is 12.8 Å². The number of hydrogen-bond acceptors (Lipinski definition) is 10. The lowest BCUT2D eigenvalue weighted by atomic mass is 9.79. The van der Waals surface area contributed by atoms with E-state index in [2.05, 4.69) is 4.74 Å². The van der Waals surface area contributed by atoms with Crippen molar-refractivity contribution in [3.8, 4) is 17.2 Å². The quantitative estimate of drug-likeness (QED) is 0.283. The van der Waals surface area contributed by atoms with Gasteiger partial charge in [-0.2, -0.15) is 0 Å². The molecule has 10 nitrogen and oxygen atoms in total. The summed E-state index contributed by atoms with van der Waals surface area (Å²) in [7, 11) is 1.03. The molecule has 0 bridgehead atoms. The Morgan fingerprint density at radius 2 is 1.68 bits per heavy atom. The third kappa shape index (κ3) is 3.60. The maximum atomic E-state index is 12.1. The van der Waals surface area contributed by atoms with E-state index in [1.165, 1.54) is 0 Å². The van der Waals surface area contributed by atoms with Crippen molar-refractivity contribution in [3.63, 3.8) is 0 Å². The van der Waals surface area contributed by atoms with Gasteiger partial charge < -0.3 is 40.1 Å². The number of aromatic hydroxyl groups is 3. The Bertz CT molecular complexity index is 664. The van der Waals surface area contributed by atoms with E-state index in [9.17, 15) is 40.2 Å². The Morgan fingerprint density at radius 3 is 2.20 bits per heavy atom. The average Bonchev–Trinajstić information content (AvgIpc) is 2.55. The van der Waals surface area contributed by atoms with E-state index in [-0.39, 0.29) is 5.56 Å². The molecule has 0 spiro atoms. The van der Waals surface area contributed by atoms with Gasteiger partial charge in [-0.05, 0) is 12.1 Å². The zero-order valence-electron chi connectivity index (χ0n) is 13.1. The van der Waals surface area contributed by atoms with Crippen molar-refractivity contribution in [2.45, 2.75) is 36.8 Å². The van der Waals surface area contributed by atoms with Crippen molar-refractivity contribution < 1.29 is 49.7 Å². The monoisotopic (exact) mass is 358 g/mol. The molecule has 138 valence electrons. The Kier molecular flexibility index (Phi) is 5.07. The Hall–Kier alpha value is -2.56. The lowest BCUT2D eigenvalue weighted by Crippen LogP contribution is -2.57. The number of phenolic OH excluding ortho intramolecular Hbond substituents is 3. The first-order valence-corrected chi connectivity index (χ1v) is 7.22. The van der Waals surface area contributed by atoms with Crippen LogP contribution in [0, 0.1) is 0 Å². The van der Waals surface area contributed by atoms with Crippen LogP contribution in [0.25, 0.3) is 0 Å². The second-order valence-electron chi connectivity index (χ2n) is 5.80. The number of hydrogen-bond donors (Lipinski definition) is 6. The standard InChI is InChI=1S/C15H18O10/c1-24-14(22)15(23)4-9(18)12(20)10(5-15)25-13(21)6-2-7(16)11(19)8(17)3-6/h2-3,9-10,12,16-20,23H,4-5H2,1H3/t9-,10-,12+,15+/m1/s1. The molecule has 10 heteroatoms. The molecule has 1 fully saturated rings. The molecule has 0 aromatic heterocycles. The molecule has 0 radical (unpaired) electrons. The summed E-state index contributed by atoms with van der Waals surface area (Å²) in [5, 5.41) is 58.1. The largest absolute Gasteiger partial charge is 0.504 e. The molecule has 4 atom stereocenters. The van der Waals surface area contributed by atoms with Crippen LogP contribution in [0.1, 0.15) is 23.2 Å². The van der Waals surface area contributed by atoms with Gasteiger partial charge >= 0.3 is 11.9 Å². The van der Waals surface area contributed by atoms with Crippen molar-refractivity contribution in [1.82, 2.24) is 0 Å². The highest BCUT2D eigenvalue weighted by molar-refractivity contribution is 5.91. The number of rotatable bonds is 3. The summed E-state index contributed by atoms with van der Waals surface area (Å²) in [4.78, 5) is 23.8. The number of carbonyl (C=O) groups is 2. The highest BCUT2D eigenvalue weighted by atomic mass is 16.6. The van der Waals surface area contributed by atoms with Crippen LogP contribution in [0.5, 0.6) is 17.2 Å². The van der Waals surface area contributed by atoms with Crippen LogP contribution in [-0.4, -0.2) is 73.6 Å². The average molecular weight is 358 g/mol. The van der Waals surface area contributed by atoms with E-state index in [4.69, 9.17) is 4.74 Å². The van der Waals surface area contributed by atoms with Gasteiger partial charge in [0.2, 0.25) is 0 Å². The summed E-state index contributed by atoms with van der Waals surface area (Å²) in [6, 6.07) is 1.63. The van der Waals surface area contributed by atoms with E-state index in [1.807, 2.05) is 0 Å². The molecule has 1 saturated carbocycles. The molecule has 0 amide bonds. The Balaban J connectivity index is 2.22. The molecule has 1 aromatic carbocycles. The summed E-state index contributed by atoms with van der Waals surface area (Å²) < 4.78 is 9.42. The number of aliphatic hydroxyl groups is 3. The third-order valence-corrected chi connectivity index (χ3v) is 3.99. The van der Waals surface area contributed by atoms with Crippen molar-refractivity contribution in [2.24, 2.45) is 0 Å². The minimum atomic E-state index is -2.16. The molecule has 0 saturated heterocycles. The summed E-state index contributed by atoms with van der Waals surface area (Å²) in [5.41, 5.74) is -2.51. The van der Waals surface area contributed by atoms with Crippen LogP contribution in [0.15, 0.2) is 12.1 Å². The van der Waals surface area contributed by atoms with E-state index in [0.29, 0.717) is 0 Å². The molecule has 25 heavy (non-hydrogen) atoms. The first-order chi connectivity index (χ1) is 11.6. The molecule has 0 heterocycles. The van der Waals surface area contributed by atoms with Crippen molar-refractivity contribution in [2.75, 3.05) is 7.11 Å². The minimum Gasteiger partial charge on any atom is -0.504 e. The van der Waals surface area contributed by atoms with Crippen LogP contribution >= 0.6 is 0 Å². The lowest BCUT2D eigenvalue weighted by molar-refractivity contribution is -0.190.